The molecule has 4 heteroatoms. The molecular formula is C27H42O3S. The quantitative estimate of drug-likeness (QED) is 0.265. The molecule has 0 saturated carbocycles. The second-order valence-electron chi connectivity index (χ2n) is 10.1. The van der Waals surface area contributed by atoms with Gasteiger partial charge in [-0.25, -0.2) is 4.79 Å². The normalized spacial score (nSPS) is 21.5. The Morgan fingerprint density at radius 2 is 1.81 bits per heavy atom. The molecule has 0 amide bonds. The first-order chi connectivity index (χ1) is 14.6. The predicted octanol–water partition coefficient (Wildman–Crippen LogP) is 7.23. The molecule has 1 aromatic rings. The van der Waals surface area contributed by atoms with Gasteiger partial charge in [-0.1, -0.05) is 83.5 Å². The highest BCUT2D eigenvalue weighted by atomic mass is 32.2. The highest BCUT2D eigenvalue weighted by Gasteiger charge is 2.38. The van der Waals surface area contributed by atoms with E-state index in [9.17, 15) is 4.79 Å². The molecule has 0 saturated heterocycles. The molecule has 0 spiro atoms. The summed E-state index contributed by atoms with van der Waals surface area (Å²) in [6, 6.07) is 9.79. The Morgan fingerprint density at radius 3 is 2.35 bits per heavy atom. The molecule has 0 aromatic heterocycles. The Morgan fingerprint density at radius 1 is 1.13 bits per heavy atom. The summed E-state index contributed by atoms with van der Waals surface area (Å²) in [7, 11) is 0. The van der Waals surface area contributed by atoms with Gasteiger partial charge in [0, 0.05) is 4.75 Å². The number of thioether (sulfide) groups is 1. The minimum absolute atomic E-state index is 0.000232. The van der Waals surface area contributed by atoms with Crippen LogP contribution in [0.5, 0.6) is 0 Å². The van der Waals surface area contributed by atoms with E-state index < -0.39 is 0 Å². The molecule has 174 valence electrons. The molecule has 4 atom stereocenters. The molecule has 3 nitrogen and oxygen atoms in total. The third-order valence-electron chi connectivity index (χ3n) is 7.05. The number of ether oxygens (including phenoxy) is 2. The summed E-state index contributed by atoms with van der Waals surface area (Å²) in [6.07, 6.45) is 10.9. The van der Waals surface area contributed by atoms with Crippen LogP contribution in [0.1, 0.15) is 78.9 Å². The maximum atomic E-state index is 12.2. The van der Waals surface area contributed by atoms with Crippen molar-refractivity contribution in [1.82, 2.24) is 0 Å². The van der Waals surface area contributed by atoms with Crippen LogP contribution in [0.2, 0.25) is 0 Å². The van der Waals surface area contributed by atoms with E-state index in [2.05, 4.69) is 53.0 Å². The fourth-order valence-corrected chi connectivity index (χ4v) is 4.72. The zero-order valence-electron chi connectivity index (χ0n) is 20.5. The van der Waals surface area contributed by atoms with Crippen molar-refractivity contribution in [2.45, 2.75) is 84.2 Å². The molecule has 0 heterocycles. The zero-order chi connectivity index (χ0) is 23.1. The van der Waals surface area contributed by atoms with Crippen LogP contribution in [0.25, 0.3) is 0 Å². The largest absolute Gasteiger partial charge is 0.456 e. The van der Waals surface area contributed by atoms with Crippen LogP contribution in [0, 0.1) is 17.3 Å². The van der Waals surface area contributed by atoms with Crippen LogP contribution in [0.15, 0.2) is 42.5 Å². The second kappa shape index (κ2) is 11.6. The lowest BCUT2D eigenvalue weighted by atomic mass is 9.65. The van der Waals surface area contributed by atoms with Gasteiger partial charge in [0.25, 0.3) is 0 Å². The highest BCUT2D eigenvalue weighted by molar-refractivity contribution is 7.99. The summed E-state index contributed by atoms with van der Waals surface area (Å²) in [5.41, 5.74) is 1.29. The van der Waals surface area contributed by atoms with E-state index in [1.807, 2.05) is 49.0 Å². The third kappa shape index (κ3) is 7.98. The molecule has 31 heavy (non-hydrogen) atoms. The minimum Gasteiger partial charge on any atom is -0.456 e. The van der Waals surface area contributed by atoms with Gasteiger partial charge in [0.15, 0.2) is 0 Å². The Bertz CT molecular complexity index is 710. The number of allylic oxidation sites excluding steroid dienone is 1. The van der Waals surface area contributed by atoms with Crippen molar-refractivity contribution in [2.24, 2.45) is 17.3 Å². The molecule has 1 aliphatic carbocycles. The van der Waals surface area contributed by atoms with Gasteiger partial charge in [-0.3, -0.25) is 0 Å². The van der Waals surface area contributed by atoms with E-state index in [1.54, 1.807) is 0 Å². The van der Waals surface area contributed by atoms with E-state index >= 15 is 0 Å². The van der Waals surface area contributed by atoms with Gasteiger partial charge in [-0.2, -0.15) is 11.8 Å². The van der Waals surface area contributed by atoms with Crippen molar-refractivity contribution in [3.63, 3.8) is 0 Å². The van der Waals surface area contributed by atoms with E-state index in [4.69, 9.17) is 9.47 Å². The van der Waals surface area contributed by atoms with Crippen molar-refractivity contribution in [1.29, 1.82) is 0 Å². The predicted molar refractivity (Wildman–Crippen MR) is 132 cm³/mol. The van der Waals surface area contributed by atoms with Crippen molar-refractivity contribution in [2.75, 3.05) is 12.9 Å². The highest BCUT2D eigenvalue weighted by Crippen LogP contribution is 2.46. The second-order valence-corrected chi connectivity index (χ2v) is 11.6. The Labute approximate surface area is 194 Å². The summed E-state index contributed by atoms with van der Waals surface area (Å²) < 4.78 is 11.7. The number of benzene rings is 1. The van der Waals surface area contributed by atoms with Crippen molar-refractivity contribution >= 4 is 17.7 Å². The lowest BCUT2D eigenvalue weighted by Crippen LogP contribution is -2.36. The van der Waals surface area contributed by atoms with Crippen LogP contribution in [-0.4, -0.2) is 29.7 Å². The lowest BCUT2D eigenvalue weighted by Gasteiger charge is -2.43. The topological polar surface area (TPSA) is 35.5 Å². The van der Waals surface area contributed by atoms with Gasteiger partial charge < -0.3 is 9.47 Å². The van der Waals surface area contributed by atoms with Crippen LogP contribution in [-0.2, 0) is 14.3 Å². The monoisotopic (exact) mass is 446 g/mol. The number of hydrogen-bond acceptors (Lipinski definition) is 4. The summed E-state index contributed by atoms with van der Waals surface area (Å²) >= 11 is 1.96. The van der Waals surface area contributed by atoms with Crippen molar-refractivity contribution < 1.29 is 14.3 Å². The first-order valence-corrected chi connectivity index (χ1v) is 12.9. The van der Waals surface area contributed by atoms with Gasteiger partial charge in [-0.05, 0) is 55.3 Å². The average molecular weight is 447 g/mol. The lowest BCUT2D eigenvalue weighted by molar-refractivity contribution is -0.155. The molecule has 0 bridgehead atoms. The SMILES string of the molecule is CCC(C)(C)C(CC(C)(C)SC)C1C=CC(OCC(=O)OC(C)c2ccccc2)CC1. The van der Waals surface area contributed by atoms with Crippen LogP contribution in [0.3, 0.4) is 0 Å². The van der Waals surface area contributed by atoms with Crippen LogP contribution in [0.4, 0.5) is 0 Å². The first-order valence-electron chi connectivity index (χ1n) is 11.7. The Kier molecular flexibility index (Phi) is 9.69. The molecule has 2 rings (SSSR count). The third-order valence-corrected chi connectivity index (χ3v) is 8.32. The summed E-state index contributed by atoms with van der Waals surface area (Å²) in [5.74, 6) is 0.888. The standard InChI is InChI=1S/C27H42O3S/c1-8-26(3,4)24(18-27(5,6)31-7)22-14-16-23(17-15-22)29-19-25(28)30-20(2)21-12-10-9-11-13-21/h9-14,16,20,22-24H,8,15,17-19H2,1-7H3. The first kappa shape index (κ1) is 26.0. The number of rotatable bonds is 11. The smallest absolute Gasteiger partial charge is 0.332 e. The maximum absolute atomic E-state index is 12.2. The number of carbonyl (C=O) groups is 1. The summed E-state index contributed by atoms with van der Waals surface area (Å²) in [4.78, 5) is 12.2. The van der Waals surface area contributed by atoms with Gasteiger partial charge >= 0.3 is 5.97 Å². The van der Waals surface area contributed by atoms with Gasteiger partial charge in [0.2, 0.25) is 0 Å². The minimum atomic E-state index is -0.307. The molecule has 0 N–H and O–H groups in total. The summed E-state index contributed by atoms with van der Waals surface area (Å²) in [5, 5.41) is 0. The maximum Gasteiger partial charge on any atom is 0.332 e. The van der Waals surface area contributed by atoms with Crippen LogP contribution < -0.4 is 0 Å². The molecule has 1 aliphatic rings. The fraction of sp³-hybridized carbons (Fsp3) is 0.667. The average Bonchev–Trinajstić information content (AvgIpc) is 2.77. The zero-order valence-corrected chi connectivity index (χ0v) is 21.3. The summed E-state index contributed by atoms with van der Waals surface area (Å²) in [6.45, 7) is 13.7. The Hall–Kier alpha value is -1.26. The fourth-order valence-electron chi connectivity index (χ4n) is 4.37. The molecule has 0 radical (unpaired) electrons. The number of carbonyl (C=O) groups excluding carboxylic acids is 1. The molecule has 0 aliphatic heterocycles. The number of esters is 1. The van der Waals surface area contributed by atoms with Crippen molar-refractivity contribution in [3.05, 3.63) is 48.0 Å². The van der Waals surface area contributed by atoms with Gasteiger partial charge in [0.1, 0.15) is 12.7 Å². The van der Waals surface area contributed by atoms with E-state index in [-0.39, 0.29) is 29.5 Å². The van der Waals surface area contributed by atoms with E-state index in [0.29, 0.717) is 17.3 Å². The van der Waals surface area contributed by atoms with Crippen LogP contribution >= 0.6 is 11.8 Å². The van der Waals surface area contributed by atoms with E-state index in [1.165, 1.54) is 12.8 Å². The van der Waals surface area contributed by atoms with Gasteiger partial charge in [0.05, 0.1) is 6.10 Å². The molecule has 0 fully saturated rings. The molecule has 4 unspecified atom stereocenters. The van der Waals surface area contributed by atoms with Gasteiger partial charge in [-0.15, -0.1) is 0 Å². The van der Waals surface area contributed by atoms with E-state index in [0.717, 1.165) is 18.4 Å². The molecule has 1 aromatic carbocycles. The number of hydrogen-bond donors (Lipinski definition) is 0. The Balaban J connectivity index is 1.90. The molecular weight excluding hydrogens is 404 g/mol. The van der Waals surface area contributed by atoms with Crippen molar-refractivity contribution in [3.8, 4) is 0 Å².